The van der Waals surface area contributed by atoms with Crippen LogP contribution in [-0.2, 0) is 14.9 Å². The SMILES string of the molecule is O=C1OCC23CC4=C(CCCC4)C2C13c1ccccc1. The molecule has 0 N–H and O–H groups in total. The van der Waals surface area contributed by atoms with Crippen LogP contribution in [0.1, 0.15) is 37.7 Å². The first kappa shape index (κ1) is 11.1. The highest BCUT2D eigenvalue weighted by Crippen LogP contribution is 2.82. The summed E-state index contributed by atoms with van der Waals surface area (Å²) in [6.45, 7) is 0.637. The second kappa shape index (κ2) is 3.36. The maximum Gasteiger partial charge on any atom is 0.317 e. The third kappa shape index (κ3) is 0.972. The molecule has 0 radical (unpaired) electrons. The van der Waals surface area contributed by atoms with Crippen molar-refractivity contribution in [1.29, 1.82) is 0 Å². The standard InChI is InChI=1S/C18H18O2/c19-16-18(13-7-2-1-3-8-13)15-14-9-5-4-6-12(14)10-17(15,18)11-20-16/h1-3,7-8,15H,4-6,9-11H2. The Kier molecular flexibility index (Phi) is 1.87. The van der Waals surface area contributed by atoms with Crippen molar-refractivity contribution in [3.63, 3.8) is 0 Å². The van der Waals surface area contributed by atoms with Crippen LogP contribution in [0.5, 0.6) is 0 Å². The zero-order valence-electron chi connectivity index (χ0n) is 11.5. The molecule has 1 aromatic rings. The highest BCUT2D eigenvalue weighted by molar-refractivity contribution is 5.94. The number of allylic oxidation sites excluding steroid dienone is 2. The molecule has 102 valence electrons. The predicted molar refractivity (Wildman–Crippen MR) is 75.1 cm³/mol. The molecular formula is C18H18O2. The molecule has 1 saturated heterocycles. The Hall–Kier alpha value is -1.57. The number of carbonyl (C=O) groups is 1. The maximum absolute atomic E-state index is 12.6. The summed E-state index contributed by atoms with van der Waals surface area (Å²) in [5, 5.41) is 0. The molecule has 0 amide bonds. The Morgan fingerprint density at radius 2 is 1.90 bits per heavy atom. The van der Waals surface area contributed by atoms with Gasteiger partial charge in [0.1, 0.15) is 5.41 Å². The number of hydrogen-bond donors (Lipinski definition) is 0. The molecule has 4 aliphatic rings. The minimum Gasteiger partial charge on any atom is -0.464 e. The van der Waals surface area contributed by atoms with E-state index in [1.807, 2.05) is 18.2 Å². The van der Waals surface area contributed by atoms with Crippen LogP contribution in [0.2, 0.25) is 0 Å². The lowest BCUT2D eigenvalue weighted by Crippen LogP contribution is -2.25. The Balaban J connectivity index is 1.69. The lowest BCUT2D eigenvalue weighted by atomic mass is 9.79. The number of fused-ring (bicyclic) bond motifs is 2. The van der Waals surface area contributed by atoms with E-state index in [2.05, 4.69) is 12.1 Å². The van der Waals surface area contributed by atoms with Crippen LogP contribution in [0.15, 0.2) is 41.5 Å². The summed E-state index contributed by atoms with van der Waals surface area (Å²) in [6, 6.07) is 10.4. The molecule has 5 rings (SSSR count). The highest BCUT2D eigenvalue weighted by atomic mass is 16.5. The average Bonchev–Trinajstić information content (AvgIpc) is 2.76. The number of benzene rings is 1. The summed E-state index contributed by atoms with van der Waals surface area (Å²) in [5.74, 6) is 0.486. The van der Waals surface area contributed by atoms with Crippen LogP contribution in [0.4, 0.5) is 0 Å². The van der Waals surface area contributed by atoms with E-state index >= 15 is 0 Å². The van der Waals surface area contributed by atoms with Crippen LogP contribution in [0.25, 0.3) is 0 Å². The highest BCUT2D eigenvalue weighted by Gasteiger charge is 2.87. The fourth-order valence-electron chi connectivity index (χ4n) is 5.50. The van der Waals surface area contributed by atoms with Crippen molar-refractivity contribution in [1.82, 2.24) is 0 Å². The molecule has 2 heteroatoms. The van der Waals surface area contributed by atoms with Crippen LogP contribution in [0, 0.1) is 11.3 Å². The number of rotatable bonds is 1. The molecule has 3 atom stereocenters. The number of esters is 1. The van der Waals surface area contributed by atoms with Gasteiger partial charge in [0.05, 0.1) is 6.61 Å². The van der Waals surface area contributed by atoms with E-state index in [0.717, 1.165) is 6.42 Å². The van der Waals surface area contributed by atoms with E-state index in [1.165, 1.54) is 31.2 Å². The van der Waals surface area contributed by atoms with Gasteiger partial charge in [0, 0.05) is 11.3 Å². The molecule has 2 fully saturated rings. The van der Waals surface area contributed by atoms with Crippen molar-refractivity contribution in [2.75, 3.05) is 6.61 Å². The van der Waals surface area contributed by atoms with Gasteiger partial charge in [0.2, 0.25) is 0 Å². The predicted octanol–water partition coefficient (Wildman–Crippen LogP) is 3.37. The third-order valence-corrected chi connectivity index (χ3v) is 6.21. The average molecular weight is 266 g/mol. The molecule has 3 aliphatic carbocycles. The molecule has 0 bridgehead atoms. The van der Waals surface area contributed by atoms with Crippen molar-refractivity contribution in [3.8, 4) is 0 Å². The van der Waals surface area contributed by atoms with Gasteiger partial charge in [-0.1, -0.05) is 41.5 Å². The second-order valence-corrected chi connectivity index (χ2v) is 6.85. The summed E-state index contributed by atoms with van der Waals surface area (Å²) in [6.07, 6.45) is 6.20. The van der Waals surface area contributed by atoms with Gasteiger partial charge >= 0.3 is 5.97 Å². The van der Waals surface area contributed by atoms with Crippen molar-refractivity contribution < 1.29 is 9.53 Å². The summed E-state index contributed by atoms with van der Waals surface area (Å²) in [7, 11) is 0. The molecule has 1 saturated carbocycles. The summed E-state index contributed by atoms with van der Waals surface area (Å²) >= 11 is 0. The summed E-state index contributed by atoms with van der Waals surface area (Å²) in [5.41, 5.74) is 4.22. The Bertz CT molecular complexity index is 645. The van der Waals surface area contributed by atoms with E-state index in [4.69, 9.17) is 4.74 Å². The van der Waals surface area contributed by atoms with Gasteiger partial charge in [-0.15, -0.1) is 0 Å². The lowest BCUT2D eigenvalue weighted by Gasteiger charge is -2.23. The molecule has 0 aromatic heterocycles. The quantitative estimate of drug-likeness (QED) is 0.575. The molecular weight excluding hydrogens is 248 g/mol. The van der Waals surface area contributed by atoms with Gasteiger partial charge in [-0.05, 0) is 37.7 Å². The molecule has 2 nitrogen and oxygen atoms in total. The van der Waals surface area contributed by atoms with Crippen molar-refractivity contribution in [2.45, 2.75) is 37.5 Å². The van der Waals surface area contributed by atoms with Crippen LogP contribution in [-0.4, -0.2) is 12.6 Å². The smallest absolute Gasteiger partial charge is 0.317 e. The normalized spacial score (nSPS) is 41.0. The maximum atomic E-state index is 12.6. The number of carbonyl (C=O) groups excluding carboxylic acids is 1. The van der Waals surface area contributed by atoms with Gasteiger partial charge in [-0.2, -0.15) is 0 Å². The Morgan fingerprint density at radius 1 is 1.10 bits per heavy atom. The van der Waals surface area contributed by atoms with Gasteiger partial charge in [-0.3, -0.25) is 4.79 Å². The van der Waals surface area contributed by atoms with Crippen molar-refractivity contribution >= 4 is 5.97 Å². The van der Waals surface area contributed by atoms with Gasteiger partial charge < -0.3 is 4.74 Å². The third-order valence-electron chi connectivity index (χ3n) is 6.21. The Labute approximate surface area is 118 Å². The van der Waals surface area contributed by atoms with Crippen LogP contribution in [0.3, 0.4) is 0 Å². The number of cyclic esters (lactones) is 1. The molecule has 1 heterocycles. The first-order valence-corrected chi connectivity index (χ1v) is 7.74. The first-order valence-electron chi connectivity index (χ1n) is 7.74. The molecule has 1 aromatic carbocycles. The molecule has 3 unspecified atom stereocenters. The van der Waals surface area contributed by atoms with E-state index in [-0.39, 0.29) is 16.8 Å². The minimum absolute atomic E-state index is 0.0332. The van der Waals surface area contributed by atoms with E-state index in [0.29, 0.717) is 12.5 Å². The van der Waals surface area contributed by atoms with E-state index in [9.17, 15) is 4.79 Å². The van der Waals surface area contributed by atoms with E-state index < -0.39 is 0 Å². The van der Waals surface area contributed by atoms with Gasteiger partial charge in [0.25, 0.3) is 0 Å². The molecule has 1 aliphatic heterocycles. The topological polar surface area (TPSA) is 26.3 Å². The minimum atomic E-state index is -0.329. The largest absolute Gasteiger partial charge is 0.464 e. The Morgan fingerprint density at radius 3 is 2.75 bits per heavy atom. The van der Waals surface area contributed by atoms with Crippen molar-refractivity contribution in [2.24, 2.45) is 11.3 Å². The first-order chi connectivity index (χ1) is 9.81. The lowest BCUT2D eigenvalue weighted by molar-refractivity contribution is -0.142. The van der Waals surface area contributed by atoms with Crippen LogP contribution < -0.4 is 0 Å². The zero-order valence-corrected chi connectivity index (χ0v) is 11.5. The van der Waals surface area contributed by atoms with Gasteiger partial charge in [-0.25, -0.2) is 0 Å². The molecule has 20 heavy (non-hydrogen) atoms. The summed E-state index contributed by atoms with van der Waals surface area (Å²) in [4.78, 5) is 12.6. The fourth-order valence-corrected chi connectivity index (χ4v) is 5.50. The monoisotopic (exact) mass is 266 g/mol. The zero-order chi connectivity index (χ0) is 13.4. The number of ether oxygens (including phenoxy) is 1. The summed E-state index contributed by atoms with van der Waals surface area (Å²) < 4.78 is 5.52. The van der Waals surface area contributed by atoms with E-state index in [1.54, 1.807) is 11.1 Å². The van der Waals surface area contributed by atoms with Gasteiger partial charge in [0.15, 0.2) is 0 Å². The molecule has 1 spiro atoms. The van der Waals surface area contributed by atoms with Crippen LogP contribution >= 0.6 is 0 Å². The fraction of sp³-hybridized carbons (Fsp3) is 0.500. The second-order valence-electron chi connectivity index (χ2n) is 6.85. The number of hydrogen-bond acceptors (Lipinski definition) is 2. The van der Waals surface area contributed by atoms with Crippen molar-refractivity contribution in [3.05, 3.63) is 47.0 Å².